The van der Waals surface area contributed by atoms with Crippen molar-refractivity contribution < 1.29 is 9.53 Å². The fraction of sp³-hybridized carbons (Fsp3) is 0.595. The van der Waals surface area contributed by atoms with E-state index in [1.54, 1.807) is 11.8 Å². The molecule has 0 saturated carbocycles. The van der Waals surface area contributed by atoms with Crippen LogP contribution in [0.1, 0.15) is 129 Å². The zero-order valence-electron chi connectivity index (χ0n) is 27.8. The van der Waals surface area contributed by atoms with Crippen LogP contribution in [-0.2, 0) is 12.0 Å². The Morgan fingerprint density at radius 1 is 0.795 bits per heavy atom. The molecule has 3 rings (SSSR count). The fourth-order valence-corrected chi connectivity index (χ4v) is 6.14. The minimum Gasteiger partial charge on any atom is -0.493 e. The van der Waals surface area contributed by atoms with E-state index in [2.05, 4.69) is 67.0 Å². The number of urea groups is 1. The third-order valence-corrected chi connectivity index (χ3v) is 8.80. The molecule has 7 heteroatoms. The molecule has 0 aromatic heterocycles. The largest absolute Gasteiger partial charge is 0.493 e. The van der Waals surface area contributed by atoms with Gasteiger partial charge < -0.3 is 20.3 Å². The molecule has 0 atom stereocenters. The van der Waals surface area contributed by atoms with Crippen molar-refractivity contribution in [2.75, 3.05) is 23.1 Å². The van der Waals surface area contributed by atoms with Crippen molar-refractivity contribution in [1.29, 1.82) is 0 Å². The van der Waals surface area contributed by atoms with Crippen molar-refractivity contribution in [3.05, 3.63) is 65.2 Å². The lowest BCUT2D eigenvalue weighted by Crippen LogP contribution is -2.20. The van der Waals surface area contributed by atoms with Crippen LogP contribution < -0.4 is 15.4 Å². The summed E-state index contributed by atoms with van der Waals surface area (Å²) < 4.78 is 6.25. The van der Waals surface area contributed by atoms with Crippen LogP contribution in [0, 0.1) is 0 Å². The summed E-state index contributed by atoms with van der Waals surface area (Å²) in [5.41, 5.74) is 3.77. The number of benzene rings is 2. The van der Waals surface area contributed by atoms with Gasteiger partial charge in [0.05, 0.1) is 12.5 Å². The molecular formula is C37H58BrN3O2S. The number of thioether (sulfide) groups is 1. The Balaban J connectivity index is 0.00000675. The number of unbranched alkanes of at least 4 members (excludes halogenated alkanes) is 13. The van der Waals surface area contributed by atoms with Crippen LogP contribution >= 0.6 is 28.7 Å². The number of carbonyl (C=O) groups excluding carboxylic acids is 1. The highest BCUT2D eigenvalue weighted by Gasteiger charge is 2.20. The number of amides is 2. The van der Waals surface area contributed by atoms with Crippen molar-refractivity contribution >= 4 is 46.1 Å². The lowest BCUT2D eigenvalue weighted by molar-refractivity contribution is 0.262. The van der Waals surface area contributed by atoms with Gasteiger partial charge in [0.2, 0.25) is 0 Å². The zero-order valence-corrected chi connectivity index (χ0v) is 30.3. The summed E-state index contributed by atoms with van der Waals surface area (Å²) in [5.74, 6) is 1.90. The molecule has 0 unspecified atom stereocenters. The normalized spacial score (nSPS) is 12.7. The van der Waals surface area contributed by atoms with E-state index >= 15 is 0 Å². The first-order valence-corrected chi connectivity index (χ1v) is 17.9. The minimum atomic E-state index is -0.248. The SMILES string of the molecule is Br.CCCCCCCCCCCCCCCCOc1ccc(NC(=O)Nc2ccc(CN3C=CSC3)cc2)cc1C(C)(C)C. The highest BCUT2D eigenvalue weighted by molar-refractivity contribution is 8.93. The summed E-state index contributed by atoms with van der Waals surface area (Å²) in [7, 11) is 0. The predicted molar refractivity (Wildman–Crippen MR) is 197 cm³/mol. The van der Waals surface area contributed by atoms with Crippen molar-refractivity contribution in [3.8, 4) is 5.75 Å². The summed E-state index contributed by atoms with van der Waals surface area (Å²) in [4.78, 5) is 15.0. The van der Waals surface area contributed by atoms with E-state index in [4.69, 9.17) is 4.74 Å². The summed E-state index contributed by atoms with van der Waals surface area (Å²) in [6.45, 7) is 10.4. The lowest BCUT2D eigenvalue weighted by Gasteiger charge is -2.24. The Labute approximate surface area is 283 Å². The maximum absolute atomic E-state index is 12.7. The molecule has 44 heavy (non-hydrogen) atoms. The van der Waals surface area contributed by atoms with Gasteiger partial charge in [-0.3, -0.25) is 0 Å². The second-order valence-corrected chi connectivity index (χ2v) is 13.9. The number of hydrogen-bond acceptors (Lipinski definition) is 4. The van der Waals surface area contributed by atoms with Gasteiger partial charge in [0, 0.05) is 29.7 Å². The van der Waals surface area contributed by atoms with E-state index in [1.165, 1.54) is 89.0 Å². The van der Waals surface area contributed by atoms with Crippen molar-refractivity contribution in [2.24, 2.45) is 0 Å². The summed E-state index contributed by atoms with van der Waals surface area (Å²) in [6, 6.07) is 13.8. The van der Waals surface area contributed by atoms with Crippen LogP contribution in [0.15, 0.2) is 54.1 Å². The maximum Gasteiger partial charge on any atom is 0.323 e. The van der Waals surface area contributed by atoms with Crippen LogP contribution in [-0.4, -0.2) is 23.4 Å². The van der Waals surface area contributed by atoms with Gasteiger partial charge in [-0.25, -0.2) is 4.79 Å². The highest BCUT2D eigenvalue weighted by Crippen LogP contribution is 2.34. The number of nitrogens with zero attached hydrogens (tertiary/aromatic N) is 1. The number of halogens is 1. The van der Waals surface area contributed by atoms with Crippen LogP contribution in [0.3, 0.4) is 0 Å². The number of hydrogen-bond donors (Lipinski definition) is 2. The summed E-state index contributed by atoms with van der Waals surface area (Å²) >= 11 is 1.80. The highest BCUT2D eigenvalue weighted by atomic mass is 79.9. The summed E-state index contributed by atoms with van der Waals surface area (Å²) in [5, 5.41) is 8.07. The molecule has 2 amide bonds. The van der Waals surface area contributed by atoms with Crippen LogP contribution in [0.4, 0.5) is 16.2 Å². The second-order valence-electron chi connectivity index (χ2n) is 13.0. The first-order chi connectivity index (χ1) is 20.8. The lowest BCUT2D eigenvalue weighted by atomic mass is 9.86. The number of anilines is 2. The average Bonchev–Trinajstić information content (AvgIpc) is 3.49. The number of rotatable bonds is 20. The van der Waals surface area contributed by atoms with Gasteiger partial charge >= 0.3 is 6.03 Å². The van der Waals surface area contributed by atoms with Crippen LogP contribution in [0.5, 0.6) is 5.75 Å². The molecule has 246 valence electrons. The zero-order chi connectivity index (χ0) is 30.8. The molecule has 0 bridgehead atoms. The second kappa shape index (κ2) is 21.6. The smallest absolute Gasteiger partial charge is 0.323 e. The molecular weight excluding hydrogens is 630 g/mol. The Bertz CT molecular complexity index is 1100. The predicted octanol–water partition coefficient (Wildman–Crippen LogP) is 12.0. The molecule has 2 N–H and O–H groups in total. The Morgan fingerprint density at radius 2 is 1.34 bits per heavy atom. The van der Waals surface area contributed by atoms with E-state index < -0.39 is 0 Å². The van der Waals surface area contributed by atoms with E-state index in [1.807, 2.05) is 30.3 Å². The molecule has 5 nitrogen and oxygen atoms in total. The molecule has 1 aliphatic heterocycles. The molecule has 0 saturated heterocycles. The van der Waals surface area contributed by atoms with Crippen molar-refractivity contribution in [2.45, 2.75) is 130 Å². The van der Waals surface area contributed by atoms with Gasteiger partial charge in [-0.05, 0) is 53.1 Å². The molecule has 1 aliphatic rings. The summed E-state index contributed by atoms with van der Waals surface area (Å²) in [6.07, 6.45) is 21.1. The third kappa shape index (κ3) is 15.2. The molecule has 2 aromatic rings. The monoisotopic (exact) mass is 687 g/mol. The number of carbonyl (C=O) groups is 1. The molecule has 0 radical (unpaired) electrons. The van der Waals surface area contributed by atoms with Crippen molar-refractivity contribution in [3.63, 3.8) is 0 Å². The minimum absolute atomic E-state index is 0. The van der Waals surface area contributed by atoms with Crippen LogP contribution in [0.2, 0.25) is 0 Å². The Morgan fingerprint density at radius 3 is 1.89 bits per heavy atom. The standard InChI is InChI=1S/C37H57N3O2S.BrH/c1-5-6-7-8-9-10-11-12-13-14-15-16-17-18-26-42-35-24-23-33(28-34(35)37(2,3)4)39-36(41)38-32-21-19-31(20-22-32)29-40-25-27-43-30-40;/h19-25,27-28H,5-18,26,29-30H2,1-4H3,(H2,38,39,41);1H. The van der Waals surface area contributed by atoms with E-state index in [0.29, 0.717) is 0 Å². The van der Waals surface area contributed by atoms with Gasteiger partial charge in [0.1, 0.15) is 5.75 Å². The fourth-order valence-electron chi connectivity index (χ4n) is 5.43. The Hall–Kier alpha value is -2.12. The first kappa shape index (κ1) is 38.1. The molecule has 0 aliphatic carbocycles. The molecule has 0 spiro atoms. The van der Waals surface area contributed by atoms with Crippen molar-refractivity contribution in [1.82, 2.24) is 4.90 Å². The van der Waals surface area contributed by atoms with Gasteiger partial charge in [0.15, 0.2) is 0 Å². The molecule has 0 fully saturated rings. The van der Waals surface area contributed by atoms with Crippen LogP contribution in [0.25, 0.3) is 0 Å². The van der Waals surface area contributed by atoms with Gasteiger partial charge in [-0.1, -0.05) is 123 Å². The topological polar surface area (TPSA) is 53.6 Å². The van der Waals surface area contributed by atoms with Gasteiger partial charge in [0.25, 0.3) is 0 Å². The quantitative estimate of drug-likeness (QED) is 0.136. The third-order valence-electron chi connectivity index (χ3n) is 8.01. The van der Waals surface area contributed by atoms with E-state index in [9.17, 15) is 4.79 Å². The van der Waals surface area contributed by atoms with Gasteiger partial charge in [-0.2, -0.15) is 0 Å². The Kier molecular flexibility index (Phi) is 18.7. The molecule has 1 heterocycles. The average molecular weight is 689 g/mol. The molecule has 2 aromatic carbocycles. The first-order valence-electron chi connectivity index (χ1n) is 16.8. The number of ether oxygens (including phenoxy) is 1. The van der Waals surface area contributed by atoms with E-state index in [-0.39, 0.29) is 28.4 Å². The van der Waals surface area contributed by atoms with Gasteiger partial charge in [-0.15, -0.1) is 28.7 Å². The maximum atomic E-state index is 12.7. The number of nitrogens with one attached hydrogen (secondary N) is 2. The van der Waals surface area contributed by atoms with E-state index in [0.717, 1.165) is 48.1 Å².